The van der Waals surface area contributed by atoms with Gasteiger partial charge in [-0.05, 0) is 37.8 Å². The molecule has 0 spiro atoms. The van der Waals surface area contributed by atoms with Crippen molar-refractivity contribution < 1.29 is 9.90 Å². The highest BCUT2D eigenvalue weighted by Crippen LogP contribution is 2.36. The fraction of sp³-hybridized carbons (Fsp3) is 0.538. The van der Waals surface area contributed by atoms with Crippen LogP contribution in [-0.4, -0.2) is 39.0 Å². The third kappa shape index (κ3) is 1.75. The van der Waals surface area contributed by atoms with E-state index in [1.54, 1.807) is 6.07 Å². The Morgan fingerprint density at radius 2 is 2.06 bits per heavy atom. The maximum absolute atomic E-state index is 12.5. The first-order valence-corrected chi connectivity index (χ1v) is 6.39. The normalized spacial score (nSPS) is 30.5. The smallest absolute Gasteiger partial charge is 0.276 e. The van der Waals surface area contributed by atoms with Gasteiger partial charge in [-0.25, -0.2) is 4.98 Å². The molecule has 0 saturated carbocycles. The van der Waals surface area contributed by atoms with Gasteiger partial charge in [-0.3, -0.25) is 4.79 Å². The lowest BCUT2D eigenvalue weighted by Gasteiger charge is -2.37. The van der Waals surface area contributed by atoms with Gasteiger partial charge in [-0.15, -0.1) is 0 Å². The lowest BCUT2D eigenvalue weighted by atomic mass is 9.97. The highest BCUT2D eigenvalue weighted by Gasteiger charge is 2.43. The van der Waals surface area contributed by atoms with Gasteiger partial charge in [0.25, 0.3) is 5.91 Å². The van der Waals surface area contributed by atoms with Crippen LogP contribution in [0.4, 0.5) is 0 Å². The van der Waals surface area contributed by atoms with Gasteiger partial charge in [0, 0.05) is 24.3 Å². The van der Waals surface area contributed by atoms with Crippen molar-refractivity contribution in [3.63, 3.8) is 0 Å². The van der Waals surface area contributed by atoms with Crippen molar-refractivity contribution in [3.8, 4) is 5.75 Å². The molecule has 0 radical (unpaired) electrons. The third-order valence-electron chi connectivity index (χ3n) is 3.99. The number of aromatic hydroxyl groups is 1. The van der Waals surface area contributed by atoms with E-state index in [1.165, 1.54) is 12.3 Å². The summed E-state index contributed by atoms with van der Waals surface area (Å²) in [7, 11) is 0. The number of hydrogen-bond acceptors (Lipinski definition) is 4. The summed E-state index contributed by atoms with van der Waals surface area (Å²) in [5.41, 5.74) is 6.14. The first-order valence-electron chi connectivity index (χ1n) is 6.39. The average molecular weight is 247 g/mol. The molecule has 5 heteroatoms. The molecule has 1 aromatic heterocycles. The number of aromatic nitrogens is 1. The Hall–Kier alpha value is -1.62. The number of piperidine rings is 1. The molecule has 2 bridgehead atoms. The van der Waals surface area contributed by atoms with Crippen molar-refractivity contribution in [2.75, 3.05) is 0 Å². The van der Waals surface area contributed by atoms with Crippen LogP contribution in [0, 0.1) is 0 Å². The van der Waals surface area contributed by atoms with E-state index in [9.17, 15) is 9.90 Å². The Morgan fingerprint density at radius 3 is 2.67 bits per heavy atom. The molecule has 1 aromatic rings. The van der Waals surface area contributed by atoms with Gasteiger partial charge in [0.1, 0.15) is 5.75 Å². The molecule has 2 unspecified atom stereocenters. The molecule has 2 aliphatic rings. The van der Waals surface area contributed by atoms with Gasteiger partial charge >= 0.3 is 0 Å². The molecule has 5 nitrogen and oxygen atoms in total. The Bertz CT molecular complexity index is 463. The number of hydrogen-bond donors (Lipinski definition) is 2. The van der Waals surface area contributed by atoms with Gasteiger partial charge in [0.2, 0.25) is 0 Å². The highest BCUT2D eigenvalue weighted by atomic mass is 16.3. The second kappa shape index (κ2) is 4.24. The Balaban J connectivity index is 1.88. The summed E-state index contributed by atoms with van der Waals surface area (Å²) < 4.78 is 0. The van der Waals surface area contributed by atoms with Crippen LogP contribution in [0.2, 0.25) is 0 Å². The van der Waals surface area contributed by atoms with Crippen LogP contribution in [0.1, 0.15) is 36.2 Å². The summed E-state index contributed by atoms with van der Waals surface area (Å²) in [6.07, 6.45) is 5.27. The molecule has 1 amide bonds. The monoisotopic (exact) mass is 247 g/mol. The Morgan fingerprint density at radius 1 is 1.39 bits per heavy atom. The fourth-order valence-electron chi connectivity index (χ4n) is 3.23. The van der Waals surface area contributed by atoms with E-state index in [4.69, 9.17) is 5.73 Å². The number of carbonyl (C=O) groups excluding carboxylic acids is 1. The van der Waals surface area contributed by atoms with Gasteiger partial charge in [-0.1, -0.05) is 0 Å². The lowest BCUT2D eigenvalue weighted by molar-refractivity contribution is 0.0565. The van der Waals surface area contributed by atoms with E-state index in [1.807, 2.05) is 4.90 Å². The van der Waals surface area contributed by atoms with Crippen LogP contribution in [0.25, 0.3) is 0 Å². The minimum absolute atomic E-state index is 0.0447. The molecule has 3 N–H and O–H groups in total. The molecule has 96 valence electrons. The summed E-state index contributed by atoms with van der Waals surface area (Å²) in [6.45, 7) is 0. The van der Waals surface area contributed by atoms with Crippen molar-refractivity contribution in [1.29, 1.82) is 0 Å². The van der Waals surface area contributed by atoms with Crippen LogP contribution < -0.4 is 5.73 Å². The Kier molecular flexibility index (Phi) is 2.70. The van der Waals surface area contributed by atoms with Crippen molar-refractivity contribution in [2.24, 2.45) is 5.73 Å². The lowest BCUT2D eigenvalue weighted by Crippen LogP contribution is -2.50. The second-order valence-electron chi connectivity index (χ2n) is 5.20. The average Bonchev–Trinajstić information content (AvgIpc) is 2.61. The first kappa shape index (κ1) is 11.5. The molecular weight excluding hydrogens is 230 g/mol. The molecule has 0 aliphatic carbocycles. The zero-order valence-corrected chi connectivity index (χ0v) is 10.1. The minimum Gasteiger partial charge on any atom is -0.505 e. The molecule has 18 heavy (non-hydrogen) atoms. The standard InChI is InChI=1S/C13H17N3O2/c14-8-6-9-3-4-10(7-8)16(9)13(18)12-11(17)2-1-5-15-12/h1-2,5,8-10,17H,3-4,6-7,14H2. The van der Waals surface area contributed by atoms with Crippen LogP contribution in [0.3, 0.4) is 0 Å². The molecule has 0 aromatic carbocycles. The van der Waals surface area contributed by atoms with Crippen LogP contribution in [0.5, 0.6) is 5.75 Å². The molecule has 2 fully saturated rings. The zero-order valence-electron chi connectivity index (χ0n) is 10.1. The largest absolute Gasteiger partial charge is 0.505 e. The quantitative estimate of drug-likeness (QED) is 0.772. The number of nitrogens with two attached hydrogens (primary N) is 1. The number of carbonyl (C=O) groups is 1. The number of pyridine rings is 1. The maximum Gasteiger partial charge on any atom is 0.276 e. The number of amides is 1. The van der Waals surface area contributed by atoms with Gasteiger partial charge < -0.3 is 15.7 Å². The van der Waals surface area contributed by atoms with Gasteiger partial charge in [0.05, 0.1) is 0 Å². The summed E-state index contributed by atoms with van der Waals surface area (Å²) >= 11 is 0. The van der Waals surface area contributed by atoms with Crippen LogP contribution in [-0.2, 0) is 0 Å². The summed E-state index contributed by atoms with van der Waals surface area (Å²) in [5.74, 6) is -0.204. The maximum atomic E-state index is 12.5. The molecular formula is C13H17N3O2. The van der Waals surface area contributed by atoms with E-state index in [0.29, 0.717) is 0 Å². The van der Waals surface area contributed by atoms with Crippen molar-refractivity contribution in [3.05, 3.63) is 24.0 Å². The van der Waals surface area contributed by atoms with Crippen molar-refractivity contribution in [2.45, 2.75) is 43.8 Å². The molecule has 2 saturated heterocycles. The summed E-state index contributed by atoms with van der Waals surface area (Å²) in [5, 5.41) is 9.72. The van der Waals surface area contributed by atoms with E-state index in [-0.39, 0.29) is 35.5 Å². The number of fused-ring (bicyclic) bond motifs is 2. The van der Waals surface area contributed by atoms with Crippen molar-refractivity contribution >= 4 is 5.91 Å². The molecule has 2 aliphatic heterocycles. The summed E-state index contributed by atoms with van der Waals surface area (Å²) in [6, 6.07) is 3.74. The van der Waals surface area contributed by atoms with E-state index in [0.717, 1.165) is 25.7 Å². The predicted molar refractivity (Wildman–Crippen MR) is 66.1 cm³/mol. The molecule has 3 rings (SSSR count). The van der Waals surface area contributed by atoms with E-state index >= 15 is 0 Å². The van der Waals surface area contributed by atoms with Crippen molar-refractivity contribution in [1.82, 2.24) is 9.88 Å². The first-order chi connectivity index (χ1) is 8.66. The van der Waals surface area contributed by atoms with Gasteiger partial charge in [-0.2, -0.15) is 0 Å². The third-order valence-corrected chi connectivity index (χ3v) is 3.99. The predicted octanol–water partition coefficient (Wildman–Crippen LogP) is 0.881. The topological polar surface area (TPSA) is 79.5 Å². The van der Waals surface area contributed by atoms with Crippen LogP contribution >= 0.6 is 0 Å². The molecule has 3 heterocycles. The minimum atomic E-state index is -0.160. The second-order valence-corrected chi connectivity index (χ2v) is 5.20. The highest BCUT2D eigenvalue weighted by molar-refractivity contribution is 5.95. The Labute approximate surface area is 106 Å². The number of nitrogens with zero attached hydrogens (tertiary/aromatic N) is 2. The van der Waals surface area contributed by atoms with E-state index in [2.05, 4.69) is 4.98 Å². The SMILES string of the molecule is NC1CC2CCC(C1)N2C(=O)c1ncccc1O. The zero-order chi connectivity index (χ0) is 12.7. The summed E-state index contributed by atoms with van der Waals surface area (Å²) in [4.78, 5) is 18.3. The van der Waals surface area contributed by atoms with Crippen LogP contribution in [0.15, 0.2) is 18.3 Å². The van der Waals surface area contributed by atoms with E-state index < -0.39 is 0 Å². The molecule has 2 atom stereocenters. The van der Waals surface area contributed by atoms with Gasteiger partial charge in [0.15, 0.2) is 5.69 Å². The fourth-order valence-corrected chi connectivity index (χ4v) is 3.23. The number of rotatable bonds is 1.